The van der Waals surface area contributed by atoms with Gasteiger partial charge in [0.1, 0.15) is 28.7 Å². The smallest absolute Gasteiger partial charge is 0.119 e. The summed E-state index contributed by atoms with van der Waals surface area (Å²) in [6, 6.07) is 51.0. The molecule has 0 atom stereocenters. The first-order valence-electron chi connectivity index (χ1n) is 21.0. The summed E-state index contributed by atoms with van der Waals surface area (Å²) in [6.07, 6.45) is 8.33. The molecule has 9 nitrogen and oxygen atoms in total. The van der Waals surface area contributed by atoms with Gasteiger partial charge in [-0.2, -0.15) is 0 Å². The zero-order valence-corrected chi connectivity index (χ0v) is 35.3. The molecular formula is C55H40N6O3. The highest BCUT2D eigenvalue weighted by Crippen LogP contribution is 2.40. The van der Waals surface area contributed by atoms with E-state index in [1.165, 1.54) is 0 Å². The number of fused-ring (bicyclic) bond motifs is 8. The van der Waals surface area contributed by atoms with Crippen LogP contribution < -0.4 is 14.2 Å². The zero-order valence-electron chi connectivity index (χ0n) is 35.3. The van der Waals surface area contributed by atoms with Crippen LogP contribution in [0.3, 0.4) is 0 Å². The van der Waals surface area contributed by atoms with Crippen molar-refractivity contribution in [2.45, 2.75) is 0 Å². The molecule has 5 aromatic carbocycles. The minimum absolute atomic E-state index is 0.686. The molecule has 0 saturated carbocycles. The highest BCUT2D eigenvalue weighted by molar-refractivity contribution is 6.27. The highest BCUT2D eigenvalue weighted by atomic mass is 16.5. The molecule has 64 heavy (non-hydrogen) atoms. The average Bonchev–Trinajstić information content (AvgIpc) is 4.19. The van der Waals surface area contributed by atoms with E-state index in [0.717, 1.165) is 123 Å². The first kappa shape index (κ1) is 38.4. The van der Waals surface area contributed by atoms with Gasteiger partial charge in [0.15, 0.2) is 0 Å². The fourth-order valence-electron chi connectivity index (χ4n) is 8.78. The molecule has 0 saturated heterocycles. The van der Waals surface area contributed by atoms with Gasteiger partial charge in [0.05, 0.1) is 55.2 Å². The van der Waals surface area contributed by atoms with Crippen molar-refractivity contribution in [1.29, 1.82) is 0 Å². The predicted molar refractivity (Wildman–Crippen MR) is 259 cm³/mol. The van der Waals surface area contributed by atoms with E-state index in [-0.39, 0.29) is 0 Å². The molecule has 0 radical (unpaired) electrons. The maximum atomic E-state index is 5.80. The van der Waals surface area contributed by atoms with Crippen molar-refractivity contribution in [3.8, 4) is 50.6 Å². The van der Waals surface area contributed by atoms with Crippen molar-refractivity contribution in [3.05, 3.63) is 197 Å². The number of hydrogen-bond donors (Lipinski definition) is 2. The van der Waals surface area contributed by atoms with E-state index in [1.807, 2.05) is 91.0 Å². The number of rotatable bonds is 8. The third-order valence-electron chi connectivity index (χ3n) is 11.8. The molecule has 0 unspecified atom stereocenters. The van der Waals surface area contributed by atoms with Gasteiger partial charge in [-0.1, -0.05) is 97.1 Å². The lowest BCUT2D eigenvalue weighted by atomic mass is 9.96. The Bertz CT molecular complexity index is 3450. The van der Waals surface area contributed by atoms with E-state index in [9.17, 15) is 0 Å². The molecule has 8 aromatic rings. The zero-order chi connectivity index (χ0) is 43.1. The van der Waals surface area contributed by atoms with Gasteiger partial charge >= 0.3 is 0 Å². The topological polar surface area (TPSA) is 110 Å². The van der Waals surface area contributed by atoms with Crippen LogP contribution in [-0.2, 0) is 0 Å². The number of H-pyrrole nitrogens is 2. The van der Waals surface area contributed by atoms with Crippen LogP contribution in [0.2, 0.25) is 0 Å². The second-order valence-electron chi connectivity index (χ2n) is 15.5. The Balaban J connectivity index is 1.36. The second kappa shape index (κ2) is 16.0. The van der Waals surface area contributed by atoms with E-state index in [1.54, 1.807) is 21.3 Å². The Hall–Kier alpha value is -8.56. The lowest BCUT2D eigenvalue weighted by Crippen LogP contribution is -2.06. The van der Waals surface area contributed by atoms with E-state index < -0.39 is 0 Å². The summed E-state index contributed by atoms with van der Waals surface area (Å²) in [5, 5.41) is 10.2. The molecule has 0 aliphatic carbocycles. The van der Waals surface area contributed by atoms with E-state index >= 15 is 0 Å². The summed E-state index contributed by atoms with van der Waals surface area (Å²) in [5.41, 5.74) is 16.9. The average molecular weight is 833 g/mol. The number of hydrogen-bond acceptors (Lipinski definition) is 7. The van der Waals surface area contributed by atoms with Gasteiger partial charge in [-0.05, 0) is 95.6 Å². The minimum Gasteiger partial charge on any atom is -0.497 e. The monoisotopic (exact) mass is 832 g/mol. The number of aromatic amines is 2. The summed E-state index contributed by atoms with van der Waals surface area (Å²) >= 11 is 0. The summed E-state index contributed by atoms with van der Waals surface area (Å²) < 4.78 is 17.3. The molecule has 2 N–H and O–H groups in total. The van der Waals surface area contributed by atoms with Crippen molar-refractivity contribution in [2.75, 3.05) is 21.3 Å². The molecule has 308 valence electrons. The fraction of sp³-hybridized carbons (Fsp3) is 0.0545. The van der Waals surface area contributed by atoms with Crippen molar-refractivity contribution >= 4 is 57.8 Å². The largest absolute Gasteiger partial charge is 0.497 e. The third kappa shape index (κ3) is 6.76. The Labute approximate surface area is 369 Å². The Kier molecular flexibility index (Phi) is 9.62. The molecule has 9 heteroatoms. The summed E-state index contributed by atoms with van der Waals surface area (Å²) in [5.74, 6) is 2.21. The molecule has 11 rings (SSSR count). The molecule has 3 aromatic heterocycles. The maximum Gasteiger partial charge on any atom is 0.119 e. The van der Waals surface area contributed by atoms with Crippen LogP contribution in [0.25, 0.3) is 79.8 Å². The molecule has 3 aliphatic rings. The summed E-state index contributed by atoms with van der Waals surface area (Å²) in [7, 11) is 5.05. The minimum atomic E-state index is 0.686. The van der Waals surface area contributed by atoms with Gasteiger partial charge in [-0.15, -0.1) is 10.2 Å². The number of nitrogens with zero attached hydrogens (tertiary/aromatic N) is 4. The van der Waals surface area contributed by atoms with Crippen LogP contribution in [-0.4, -0.2) is 52.7 Å². The van der Waals surface area contributed by atoms with Crippen LogP contribution in [0.15, 0.2) is 162 Å². The molecular weight excluding hydrogens is 793 g/mol. The van der Waals surface area contributed by atoms with Gasteiger partial charge in [0, 0.05) is 49.9 Å². The van der Waals surface area contributed by atoms with E-state index in [4.69, 9.17) is 34.4 Å². The fourth-order valence-corrected chi connectivity index (χ4v) is 8.78. The summed E-state index contributed by atoms with van der Waals surface area (Å²) in [6.45, 7) is 0. The van der Waals surface area contributed by atoms with Crippen molar-refractivity contribution < 1.29 is 14.2 Å². The quantitative estimate of drug-likeness (QED) is 0.158. The number of aromatic nitrogens is 4. The molecule has 6 heterocycles. The number of ether oxygens (including phenoxy) is 3. The van der Waals surface area contributed by atoms with Crippen LogP contribution in [0.5, 0.6) is 17.2 Å². The van der Waals surface area contributed by atoms with Crippen LogP contribution in [0, 0.1) is 0 Å². The molecule has 0 spiro atoms. The van der Waals surface area contributed by atoms with Gasteiger partial charge in [0.2, 0.25) is 0 Å². The highest BCUT2D eigenvalue weighted by Gasteiger charge is 2.26. The molecule has 0 fully saturated rings. The van der Waals surface area contributed by atoms with Gasteiger partial charge in [0.25, 0.3) is 0 Å². The lowest BCUT2D eigenvalue weighted by molar-refractivity contribution is 0.415. The second-order valence-corrected chi connectivity index (χ2v) is 15.5. The number of nitrogens with one attached hydrogen (secondary N) is 2. The summed E-state index contributed by atoms with van der Waals surface area (Å²) in [4.78, 5) is 18.8. The third-order valence-corrected chi connectivity index (χ3v) is 11.8. The van der Waals surface area contributed by atoms with Crippen molar-refractivity contribution in [1.82, 2.24) is 19.9 Å². The van der Waals surface area contributed by atoms with E-state index in [2.05, 4.69) is 94.9 Å². The Morgan fingerprint density at radius 1 is 0.359 bits per heavy atom. The SMILES string of the molecule is COc1cccc(-c2c3nc(c(-c4cccc(OC)c4)c4cc5c([nH]4)c(c4nc(c(-c6cccc(OC)c6)c6ccc2[nH]6)C=C4)C(c2ccccc2)=NN=C5c2ccccc2)C=C3)c1. The standard InChI is InChI=1S/C55H40N6O3/c1-62-38-20-10-17-35(29-38)49-42-23-24-43(56-42)50(36-18-11-21-39(30-36)63-2)45-27-28-47(58-45)52-54(34-15-8-5-9-16-34)61-60-53(33-13-6-4-7-14-33)41-32-48(59-55(41)52)51(46-26-25-44(49)57-46)37-19-12-22-40(31-37)64-3/h4-32,56,59H,1-3H3. The van der Waals surface area contributed by atoms with Gasteiger partial charge < -0.3 is 24.2 Å². The normalized spacial score (nSPS) is 12.7. The molecule has 0 amide bonds. The Morgan fingerprint density at radius 3 is 1.23 bits per heavy atom. The maximum absolute atomic E-state index is 5.80. The van der Waals surface area contributed by atoms with Crippen LogP contribution in [0.1, 0.15) is 45.0 Å². The van der Waals surface area contributed by atoms with Crippen molar-refractivity contribution in [2.24, 2.45) is 10.2 Å². The van der Waals surface area contributed by atoms with Crippen molar-refractivity contribution in [3.63, 3.8) is 0 Å². The van der Waals surface area contributed by atoms with Gasteiger partial charge in [-0.25, -0.2) is 9.97 Å². The lowest BCUT2D eigenvalue weighted by Gasteiger charge is -2.09. The van der Waals surface area contributed by atoms with Crippen LogP contribution >= 0.6 is 0 Å². The van der Waals surface area contributed by atoms with E-state index in [0.29, 0.717) is 5.71 Å². The van der Waals surface area contributed by atoms with Gasteiger partial charge in [-0.3, -0.25) is 0 Å². The number of benzene rings is 5. The predicted octanol–water partition coefficient (Wildman–Crippen LogP) is 12.3. The molecule has 3 aliphatic heterocycles. The Morgan fingerprint density at radius 2 is 0.766 bits per heavy atom. The van der Waals surface area contributed by atoms with Crippen LogP contribution in [0.4, 0.5) is 0 Å². The first-order chi connectivity index (χ1) is 31.6. The number of methoxy groups -OCH3 is 3. The first-order valence-corrected chi connectivity index (χ1v) is 21.0. The molecule has 8 bridgehead atoms.